The number of hydrogen-bond donors (Lipinski definition) is 3. The number of aromatic nitrogens is 1. The fraction of sp³-hybridized carbons (Fsp3) is 0.333. The maximum absolute atomic E-state index is 12.7. The molecule has 1 aromatic rings. The van der Waals surface area contributed by atoms with Crippen molar-refractivity contribution in [2.24, 2.45) is 16.5 Å². The van der Waals surface area contributed by atoms with Crippen LogP contribution in [0.25, 0.3) is 0 Å². The molecule has 1 aliphatic heterocycles. The maximum atomic E-state index is 12.7. The molecule has 19 heavy (non-hydrogen) atoms. The maximum Gasteiger partial charge on any atom is 0.449 e. The molecule has 0 aliphatic carbocycles. The van der Waals surface area contributed by atoms with E-state index in [-0.39, 0.29) is 12.2 Å². The molecule has 10 heteroatoms. The molecule has 2 heterocycles. The molecule has 1 aromatic heterocycles. The van der Waals surface area contributed by atoms with Crippen LogP contribution in [0, 0.1) is 0 Å². The molecule has 104 valence electrons. The summed E-state index contributed by atoms with van der Waals surface area (Å²) >= 11 is 4.44. The largest absolute Gasteiger partial charge is 0.449 e. The third-order valence-corrected chi connectivity index (χ3v) is 3.72. The molecule has 0 aromatic carbocycles. The Bertz CT molecular complexity index is 552. The summed E-state index contributed by atoms with van der Waals surface area (Å²) in [7, 11) is 0. The molecule has 1 aliphatic rings. The van der Waals surface area contributed by atoms with Crippen molar-refractivity contribution in [2.45, 2.75) is 18.3 Å². The van der Waals surface area contributed by atoms with Gasteiger partial charge >= 0.3 is 6.18 Å². The van der Waals surface area contributed by atoms with Gasteiger partial charge in [0.25, 0.3) is 0 Å². The first-order valence-corrected chi connectivity index (χ1v) is 6.60. The van der Waals surface area contributed by atoms with E-state index in [0.717, 1.165) is 0 Å². The van der Waals surface area contributed by atoms with Crippen LogP contribution in [0.15, 0.2) is 27.0 Å². The minimum atomic E-state index is -4.63. The van der Waals surface area contributed by atoms with Crippen LogP contribution in [0.2, 0.25) is 0 Å². The number of alkyl halides is 3. The van der Waals surface area contributed by atoms with Gasteiger partial charge in [0.15, 0.2) is 3.92 Å². The lowest BCUT2D eigenvalue weighted by molar-refractivity contribution is -0.0623. The van der Waals surface area contributed by atoms with Gasteiger partial charge in [-0.1, -0.05) is 0 Å². The number of hydrogen-bond acceptors (Lipinski definition) is 6. The first kappa shape index (κ1) is 14.3. The van der Waals surface area contributed by atoms with Crippen molar-refractivity contribution >= 4 is 33.1 Å². The van der Waals surface area contributed by atoms with E-state index in [1.807, 2.05) is 5.32 Å². The van der Waals surface area contributed by atoms with Gasteiger partial charge in [-0.2, -0.15) is 13.2 Å². The van der Waals surface area contributed by atoms with Crippen LogP contribution in [-0.4, -0.2) is 22.7 Å². The second-order valence-corrected chi connectivity index (χ2v) is 6.32. The summed E-state index contributed by atoms with van der Waals surface area (Å²) in [4.78, 5) is 8.15. The highest BCUT2D eigenvalue weighted by molar-refractivity contribution is 9.11. The van der Waals surface area contributed by atoms with Gasteiger partial charge in [0.2, 0.25) is 5.84 Å². The van der Waals surface area contributed by atoms with Gasteiger partial charge in [-0.3, -0.25) is 0 Å². The van der Waals surface area contributed by atoms with E-state index in [1.54, 1.807) is 0 Å². The monoisotopic (exact) mass is 355 g/mol. The first-order valence-electron chi connectivity index (χ1n) is 4.99. The molecule has 2 rings (SSSR count). The number of thiazole rings is 1. The van der Waals surface area contributed by atoms with E-state index in [1.165, 1.54) is 23.6 Å². The molecule has 0 saturated carbocycles. The number of nitrogens with one attached hydrogen (secondary N) is 1. The van der Waals surface area contributed by atoms with Gasteiger partial charge in [0, 0.05) is 17.5 Å². The Morgan fingerprint density at radius 2 is 2.16 bits per heavy atom. The Balaban J connectivity index is 2.30. The fourth-order valence-electron chi connectivity index (χ4n) is 1.58. The highest BCUT2D eigenvalue weighted by Crippen LogP contribution is 2.27. The van der Waals surface area contributed by atoms with Crippen LogP contribution in [0.3, 0.4) is 0 Å². The van der Waals surface area contributed by atoms with Crippen molar-refractivity contribution in [1.29, 1.82) is 0 Å². The third kappa shape index (κ3) is 3.45. The predicted molar refractivity (Wildman–Crippen MR) is 69.3 cm³/mol. The van der Waals surface area contributed by atoms with Crippen molar-refractivity contribution in [3.8, 4) is 0 Å². The van der Waals surface area contributed by atoms with Crippen LogP contribution in [0.1, 0.15) is 4.88 Å². The molecule has 0 amide bonds. The number of nitrogens with two attached hydrogens (primary N) is 2. The van der Waals surface area contributed by atoms with E-state index in [4.69, 9.17) is 11.5 Å². The summed E-state index contributed by atoms with van der Waals surface area (Å²) in [5, 5.41) is 1.96. The Morgan fingerprint density at radius 1 is 1.47 bits per heavy atom. The molecule has 0 saturated heterocycles. The summed E-state index contributed by atoms with van der Waals surface area (Å²) in [6.07, 6.45) is -1.76. The summed E-state index contributed by atoms with van der Waals surface area (Å²) in [6, 6.07) is 0. The average Bonchev–Trinajstić information content (AvgIpc) is 2.60. The zero-order valence-electron chi connectivity index (χ0n) is 9.33. The second kappa shape index (κ2) is 4.76. The van der Waals surface area contributed by atoms with Gasteiger partial charge in [0.1, 0.15) is 11.5 Å². The van der Waals surface area contributed by atoms with Crippen molar-refractivity contribution in [3.63, 3.8) is 0 Å². The molecule has 1 unspecified atom stereocenters. The van der Waals surface area contributed by atoms with Crippen molar-refractivity contribution < 1.29 is 13.2 Å². The third-order valence-electron chi connectivity index (χ3n) is 2.24. The Labute approximate surface area is 118 Å². The molecular weight excluding hydrogens is 347 g/mol. The molecular formula is C9H9BrF3N5S. The normalized spacial score (nSPS) is 23.6. The number of nitrogens with zero attached hydrogens (tertiary/aromatic N) is 2. The highest BCUT2D eigenvalue weighted by Gasteiger charge is 2.41. The quantitative estimate of drug-likeness (QED) is 0.749. The van der Waals surface area contributed by atoms with E-state index in [2.05, 4.69) is 25.9 Å². The average molecular weight is 356 g/mol. The minimum Gasteiger partial charge on any atom is -0.385 e. The van der Waals surface area contributed by atoms with Crippen LogP contribution in [-0.2, 0) is 6.42 Å². The first-order chi connectivity index (χ1) is 8.68. The molecule has 0 bridgehead atoms. The zero-order chi connectivity index (χ0) is 14.3. The predicted octanol–water partition coefficient (Wildman–Crippen LogP) is 1.47. The number of halogens is 4. The van der Waals surface area contributed by atoms with E-state index >= 15 is 0 Å². The molecule has 5 N–H and O–H groups in total. The van der Waals surface area contributed by atoms with Crippen LogP contribution in [0.5, 0.6) is 0 Å². The summed E-state index contributed by atoms with van der Waals surface area (Å²) < 4.78 is 38.6. The molecule has 0 spiro atoms. The van der Waals surface area contributed by atoms with E-state index < -0.39 is 17.7 Å². The van der Waals surface area contributed by atoms with Crippen LogP contribution in [0.4, 0.5) is 13.2 Å². The standard InChI is InChI=1S/C9H9BrF3N5S/c10-7-16-3-4(19-7)1-8(15)2-5(14)17-6(18-8)9(11,12)13/h2-3H,1,14-15H2,(H,17,18). The molecule has 5 nitrogen and oxygen atoms in total. The molecule has 1 atom stereocenters. The summed E-state index contributed by atoms with van der Waals surface area (Å²) in [6.45, 7) is 0. The van der Waals surface area contributed by atoms with Gasteiger partial charge in [-0.05, 0) is 22.0 Å². The Morgan fingerprint density at radius 3 is 2.68 bits per heavy atom. The van der Waals surface area contributed by atoms with Crippen LogP contribution < -0.4 is 16.8 Å². The minimum absolute atomic E-state index is 0.0816. The zero-order valence-corrected chi connectivity index (χ0v) is 11.7. The second-order valence-electron chi connectivity index (χ2n) is 3.93. The topological polar surface area (TPSA) is 89.3 Å². The lowest BCUT2D eigenvalue weighted by Crippen LogP contribution is -2.50. The van der Waals surface area contributed by atoms with Gasteiger partial charge in [-0.25, -0.2) is 9.98 Å². The van der Waals surface area contributed by atoms with Crippen LogP contribution >= 0.6 is 27.3 Å². The van der Waals surface area contributed by atoms with Crippen molar-refractivity contribution in [1.82, 2.24) is 10.3 Å². The van der Waals surface area contributed by atoms with E-state index in [0.29, 0.717) is 8.79 Å². The Hall–Kier alpha value is -1.13. The molecule has 0 radical (unpaired) electrons. The number of aliphatic imine (C=N–C) groups is 1. The fourth-order valence-corrected chi connectivity index (χ4v) is 3.04. The molecule has 0 fully saturated rings. The lowest BCUT2D eigenvalue weighted by Gasteiger charge is -2.28. The van der Waals surface area contributed by atoms with Gasteiger partial charge in [0.05, 0.1) is 0 Å². The smallest absolute Gasteiger partial charge is 0.385 e. The van der Waals surface area contributed by atoms with Crippen molar-refractivity contribution in [2.75, 3.05) is 0 Å². The lowest BCUT2D eigenvalue weighted by atomic mass is 10.1. The van der Waals surface area contributed by atoms with Gasteiger partial charge in [-0.15, -0.1) is 11.3 Å². The van der Waals surface area contributed by atoms with E-state index in [9.17, 15) is 13.2 Å². The Kier molecular flexibility index (Phi) is 3.58. The highest BCUT2D eigenvalue weighted by atomic mass is 79.9. The summed E-state index contributed by atoms with van der Waals surface area (Å²) in [5.74, 6) is -1.37. The SMILES string of the molecule is NC1=CC(N)(Cc2cnc(Br)s2)N=C(C(F)(F)F)N1. The summed E-state index contributed by atoms with van der Waals surface area (Å²) in [5.41, 5.74) is 9.75. The van der Waals surface area contributed by atoms with Crippen molar-refractivity contribution in [3.05, 3.63) is 26.9 Å². The number of amidine groups is 1. The van der Waals surface area contributed by atoms with Gasteiger partial charge < -0.3 is 16.8 Å². The number of rotatable bonds is 2.